The molecule has 0 bridgehead atoms. The number of amides is 1. The third-order valence-corrected chi connectivity index (χ3v) is 7.30. The first-order valence-corrected chi connectivity index (χ1v) is 12.8. The summed E-state index contributed by atoms with van der Waals surface area (Å²) >= 11 is 0. The molecule has 1 fully saturated rings. The molecule has 2 aromatic carbocycles. The van der Waals surface area contributed by atoms with Gasteiger partial charge in [0.15, 0.2) is 0 Å². The van der Waals surface area contributed by atoms with Gasteiger partial charge in [0.25, 0.3) is 15.9 Å². The first-order valence-electron chi connectivity index (χ1n) is 11.4. The predicted octanol–water partition coefficient (Wildman–Crippen LogP) is 3.42. The van der Waals surface area contributed by atoms with Crippen molar-refractivity contribution in [2.45, 2.75) is 31.6 Å². The molecule has 1 aliphatic rings. The normalized spacial score (nSPS) is 14.5. The number of ether oxygens (including phenoxy) is 1. The van der Waals surface area contributed by atoms with Crippen molar-refractivity contribution >= 4 is 21.9 Å². The lowest BCUT2D eigenvalue weighted by atomic mass is 10.00. The largest absolute Gasteiger partial charge is 0.493 e. The summed E-state index contributed by atoms with van der Waals surface area (Å²) in [7, 11) is -4.12. The van der Waals surface area contributed by atoms with Gasteiger partial charge in [-0.05, 0) is 61.9 Å². The Balaban J connectivity index is 1.53. The number of aromatic nitrogens is 2. The van der Waals surface area contributed by atoms with Gasteiger partial charge in [-0.15, -0.1) is 0 Å². The van der Waals surface area contributed by atoms with Crippen LogP contribution in [-0.2, 0) is 14.8 Å². The second-order valence-electron chi connectivity index (χ2n) is 8.60. The molecular formula is C25H28N4O5S. The van der Waals surface area contributed by atoms with Gasteiger partial charge in [-0.3, -0.25) is 4.79 Å². The maximum absolute atomic E-state index is 13.1. The molecule has 35 heavy (non-hydrogen) atoms. The van der Waals surface area contributed by atoms with Gasteiger partial charge in [0.1, 0.15) is 0 Å². The van der Waals surface area contributed by atoms with E-state index in [0.717, 1.165) is 29.5 Å². The Kier molecular flexibility index (Phi) is 7.32. The standard InChI is InChI=1S/C25H28N4O5S/c1-16-5-3-6-17(2)23(16)21-14-22(30)28-25(27-21)29-35(32,33)20-8-4-7-19(13-20)24(31)26-15-18-9-11-34-12-10-18/h3-8,13-14,18H,9-12,15H2,1-2H3,(H,26,31)(H2,27,28,29,30). The maximum atomic E-state index is 13.1. The monoisotopic (exact) mass is 496 g/mol. The van der Waals surface area contributed by atoms with Gasteiger partial charge in [0.2, 0.25) is 11.8 Å². The number of aromatic hydroxyl groups is 1. The van der Waals surface area contributed by atoms with Gasteiger partial charge in [-0.2, -0.15) is 4.98 Å². The lowest BCUT2D eigenvalue weighted by Gasteiger charge is -2.22. The Bertz CT molecular complexity index is 1320. The Hall–Kier alpha value is -3.50. The highest BCUT2D eigenvalue weighted by atomic mass is 32.2. The van der Waals surface area contributed by atoms with Crippen LogP contribution in [0, 0.1) is 19.8 Å². The zero-order valence-corrected chi connectivity index (χ0v) is 20.4. The molecule has 2 heterocycles. The summed E-state index contributed by atoms with van der Waals surface area (Å²) in [6.45, 7) is 5.69. The fourth-order valence-electron chi connectivity index (χ4n) is 4.10. The molecule has 0 unspecified atom stereocenters. The van der Waals surface area contributed by atoms with Crippen LogP contribution in [0.4, 0.5) is 5.95 Å². The van der Waals surface area contributed by atoms with Crippen molar-refractivity contribution in [1.29, 1.82) is 0 Å². The number of aryl methyl sites for hydroxylation is 2. The SMILES string of the molecule is Cc1cccc(C)c1-c1cc(O)nc(NS(=O)(=O)c2cccc(C(=O)NCC3CCOCC3)c2)n1. The van der Waals surface area contributed by atoms with Crippen LogP contribution in [0.15, 0.2) is 53.4 Å². The summed E-state index contributed by atoms with van der Waals surface area (Å²) in [5, 5.41) is 13.0. The molecule has 3 N–H and O–H groups in total. The number of benzene rings is 2. The molecule has 1 amide bonds. The van der Waals surface area contributed by atoms with Crippen LogP contribution in [-0.4, -0.2) is 49.2 Å². The van der Waals surface area contributed by atoms with Crippen LogP contribution in [0.3, 0.4) is 0 Å². The molecule has 3 aromatic rings. The van der Waals surface area contributed by atoms with Crippen molar-refractivity contribution in [3.05, 3.63) is 65.2 Å². The molecular weight excluding hydrogens is 468 g/mol. The summed E-state index contributed by atoms with van der Waals surface area (Å²) in [6.07, 6.45) is 1.76. The van der Waals surface area contributed by atoms with Crippen LogP contribution in [0.2, 0.25) is 0 Å². The Morgan fingerprint density at radius 1 is 1.06 bits per heavy atom. The molecule has 184 valence electrons. The van der Waals surface area contributed by atoms with Gasteiger partial charge in [-0.1, -0.05) is 24.3 Å². The zero-order valence-electron chi connectivity index (χ0n) is 19.6. The minimum absolute atomic E-state index is 0.114. The van der Waals surface area contributed by atoms with Crippen LogP contribution < -0.4 is 10.0 Å². The van der Waals surface area contributed by atoms with Crippen molar-refractivity contribution in [1.82, 2.24) is 15.3 Å². The van der Waals surface area contributed by atoms with E-state index in [1.165, 1.54) is 24.3 Å². The Morgan fingerprint density at radius 3 is 2.46 bits per heavy atom. The summed E-state index contributed by atoms with van der Waals surface area (Å²) < 4.78 is 33.8. The summed E-state index contributed by atoms with van der Waals surface area (Å²) in [6, 6.07) is 12.9. The number of hydrogen-bond acceptors (Lipinski definition) is 7. The fourth-order valence-corrected chi connectivity index (χ4v) is 5.09. The van der Waals surface area contributed by atoms with E-state index in [1.807, 2.05) is 32.0 Å². The average Bonchev–Trinajstić information content (AvgIpc) is 2.82. The number of sulfonamides is 1. The first-order chi connectivity index (χ1) is 16.7. The van der Waals surface area contributed by atoms with Crippen molar-refractivity contribution in [2.75, 3.05) is 24.5 Å². The van der Waals surface area contributed by atoms with Crippen LogP contribution >= 0.6 is 0 Å². The summed E-state index contributed by atoms with van der Waals surface area (Å²) in [5.41, 5.74) is 3.27. The smallest absolute Gasteiger partial charge is 0.264 e. The predicted molar refractivity (Wildman–Crippen MR) is 132 cm³/mol. The molecule has 1 saturated heterocycles. The second-order valence-corrected chi connectivity index (χ2v) is 10.3. The average molecular weight is 497 g/mol. The van der Waals surface area contributed by atoms with Crippen molar-refractivity contribution < 1.29 is 23.1 Å². The number of anilines is 1. The highest BCUT2D eigenvalue weighted by molar-refractivity contribution is 7.92. The zero-order chi connectivity index (χ0) is 25.0. The minimum atomic E-state index is -4.12. The number of nitrogens with zero attached hydrogens (tertiary/aromatic N) is 2. The lowest BCUT2D eigenvalue weighted by Crippen LogP contribution is -2.32. The number of carbonyl (C=O) groups is 1. The minimum Gasteiger partial charge on any atom is -0.493 e. The van der Waals surface area contributed by atoms with E-state index >= 15 is 0 Å². The van der Waals surface area contributed by atoms with E-state index in [4.69, 9.17) is 4.74 Å². The van der Waals surface area contributed by atoms with Crippen LogP contribution in [0.1, 0.15) is 34.3 Å². The second kappa shape index (κ2) is 10.4. The maximum Gasteiger partial charge on any atom is 0.264 e. The molecule has 4 rings (SSSR count). The molecule has 0 radical (unpaired) electrons. The molecule has 1 aromatic heterocycles. The van der Waals surface area contributed by atoms with Gasteiger partial charge in [-0.25, -0.2) is 18.1 Å². The van der Waals surface area contributed by atoms with Crippen molar-refractivity contribution in [3.8, 4) is 17.1 Å². The lowest BCUT2D eigenvalue weighted by molar-refractivity contribution is 0.0642. The van der Waals surface area contributed by atoms with Crippen molar-refractivity contribution in [3.63, 3.8) is 0 Å². The molecule has 0 saturated carbocycles. The topological polar surface area (TPSA) is 131 Å². The molecule has 9 nitrogen and oxygen atoms in total. The van der Waals surface area contributed by atoms with E-state index in [2.05, 4.69) is 20.0 Å². The molecule has 0 atom stereocenters. The van der Waals surface area contributed by atoms with Crippen LogP contribution in [0.5, 0.6) is 5.88 Å². The first kappa shape index (κ1) is 24.6. The summed E-state index contributed by atoms with van der Waals surface area (Å²) in [4.78, 5) is 20.7. The van der Waals surface area contributed by atoms with E-state index in [1.54, 1.807) is 6.07 Å². The molecule has 10 heteroatoms. The summed E-state index contributed by atoms with van der Waals surface area (Å²) in [5.74, 6) is -0.636. The van der Waals surface area contributed by atoms with Crippen LogP contribution in [0.25, 0.3) is 11.3 Å². The highest BCUT2D eigenvalue weighted by Gasteiger charge is 2.20. The number of carbonyl (C=O) groups excluding carboxylic acids is 1. The number of hydrogen-bond donors (Lipinski definition) is 3. The highest BCUT2D eigenvalue weighted by Crippen LogP contribution is 2.29. The number of nitrogens with one attached hydrogen (secondary N) is 2. The van der Waals surface area contributed by atoms with Gasteiger partial charge >= 0.3 is 0 Å². The van der Waals surface area contributed by atoms with E-state index in [0.29, 0.717) is 31.4 Å². The van der Waals surface area contributed by atoms with Crippen molar-refractivity contribution in [2.24, 2.45) is 5.92 Å². The fraction of sp³-hybridized carbons (Fsp3) is 0.320. The van der Waals surface area contributed by atoms with Gasteiger partial charge in [0.05, 0.1) is 10.6 Å². The van der Waals surface area contributed by atoms with E-state index < -0.39 is 10.0 Å². The van der Waals surface area contributed by atoms with Gasteiger partial charge < -0.3 is 15.2 Å². The molecule has 0 spiro atoms. The Morgan fingerprint density at radius 2 is 1.74 bits per heavy atom. The van der Waals surface area contributed by atoms with Gasteiger partial charge in [0, 0.05) is 37.0 Å². The Labute approximate surface area is 204 Å². The van der Waals surface area contributed by atoms with E-state index in [9.17, 15) is 18.3 Å². The third-order valence-electron chi connectivity index (χ3n) is 5.97. The quantitative estimate of drug-likeness (QED) is 0.457. The number of rotatable bonds is 7. The van der Waals surface area contributed by atoms with E-state index in [-0.39, 0.29) is 28.2 Å². The molecule has 1 aliphatic heterocycles. The molecule has 0 aliphatic carbocycles. The third kappa shape index (κ3) is 5.95.